The number of aliphatic hydroxyl groups is 1. The van der Waals surface area contributed by atoms with E-state index < -0.39 is 97.5 Å². The van der Waals surface area contributed by atoms with Crippen molar-refractivity contribution < 1.29 is 80.2 Å². The Kier molecular flexibility index (Phi) is 72.5. The fourth-order valence-corrected chi connectivity index (χ4v) is 14.7. The molecule has 0 saturated carbocycles. The summed E-state index contributed by atoms with van der Waals surface area (Å²) in [5.74, 6) is 1.06. The molecule has 0 saturated heterocycles. The summed E-state index contributed by atoms with van der Waals surface area (Å²) in [6.07, 6.45) is 62.5. The molecule has 0 rings (SSSR count). The van der Waals surface area contributed by atoms with E-state index in [9.17, 15) is 43.2 Å². The molecule has 104 heavy (non-hydrogen) atoms. The largest absolute Gasteiger partial charge is 0.472 e. The Balaban J connectivity index is 5.22. The molecule has 0 aromatic heterocycles. The summed E-state index contributed by atoms with van der Waals surface area (Å²) in [7, 11) is -9.93. The van der Waals surface area contributed by atoms with Gasteiger partial charge in [-0.2, -0.15) is 0 Å². The van der Waals surface area contributed by atoms with E-state index in [1.54, 1.807) is 0 Å². The van der Waals surface area contributed by atoms with Crippen LogP contribution in [0.5, 0.6) is 0 Å². The monoisotopic (exact) mass is 1520 g/mol. The summed E-state index contributed by atoms with van der Waals surface area (Å²) in [5.41, 5.74) is 0. The smallest absolute Gasteiger partial charge is 0.462 e. The molecule has 19 heteroatoms. The predicted octanol–water partition coefficient (Wildman–Crippen LogP) is 25.6. The molecule has 0 amide bonds. The second-order valence-corrected chi connectivity index (χ2v) is 34.9. The lowest BCUT2D eigenvalue weighted by atomic mass is 9.99. The highest BCUT2D eigenvalue weighted by molar-refractivity contribution is 7.47. The Hall–Kier alpha value is -1.94. The first-order chi connectivity index (χ1) is 50.2. The Labute approximate surface area is 638 Å². The lowest BCUT2D eigenvalue weighted by molar-refractivity contribution is -0.161. The van der Waals surface area contributed by atoms with Crippen LogP contribution in [0.25, 0.3) is 0 Å². The second kappa shape index (κ2) is 73.8. The van der Waals surface area contributed by atoms with Gasteiger partial charge in [0.25, 0.3) is 0 Å². The van der Waals surface area contributed by atoms with Gasteiger partial charge in [-0.25, -0.2) is 9.13 Å². The Morgan fingerprint density at radius 1 is 0.269 bits per heavy atom. The molecule has 0 fully saturated rings. The summed E-state index contributed by atoms with van der Waals surface area (Å²) in [5, 5.41) is 10.7. The maximum absolute atomic E-state index is 13.1. The molecule has 618 valence electrons. The van der Waals surface area contributed by atoms with Crippen molar-refractivity contribution in [3.05, 3.63) is 0 Å². The van der Waals surface area contributed by atoms with Gasteiger partial charge >= 0.3 is 39.5 Å². The van der Waals surface area contributed by atoms with Gasteiger partial charge in [-0.3, -0.25) is 37.3 Å². The van der Waals surface area contributed by atoms with Gasteiger partial charge in [0, 0.05) is 25.7 Å². The quantitative estimate of drug-likeness (QED) is 0.0222. The second-order valence-electron chi connectivity index (χ2n) is 32.0. The van der Waals surface area contributed by atoms with Crippen molar-refractivity contribution >= 4 is 39.5 Å². The van der Waals surface area contributed by atoms with Crippen LogP contribution in [0.1, 0.15) is 441 Å². The summed E-state index contributed by atoms with van der Waals surface area (Å²) in [6, 6.07) is 0. The van der Waals surface area contributed by atoms with E-state index in [2.05, 4.69) is 55.4 Å². The van der Waals surface area contributed by atoms with Gasteiger partial charge in [-0.05, 0) is 49.4 Å². The average Bonchev–Trinajstić information content (AvgIpc) is 0.941. The SMILES string of the molecule is CCC(C)CCCCCCCCCCCCCCCCCCCCC(=O)OC[C@H](COP(=O)(O)OC[C@@H](O)COP(=O)(O)OC[C@@H](COC(=O)CCCCCCCCC(C)CC)OC(=O)CCCCCCCCCCCCCC(C)C)OC(=O)CCCCCCCCCCCCCCCCCC(C)C. The van der Waals surface area contributed by atoms with E-state index in [4.69, 9.17) is 37.0 Å². The van der Waals surface area contributed by atoms with Gasteiger partial charge < -0.3 is 33.8 Å². The molecule has 0 bridgehead atoms. The van der Waals surface area contributed by atoms with E-state index in [-0.39, 0.29) is 25.7 Å². The van der Waals surface area contributed by atoms with E-state index in [0.717, 1.165) is 120 Å². The molecular weight excluding hydrogens is 1350 g/mol. The zero-order valence-corrected chi connectivity index (χ0v) is 70.5. The molecule has 17 nitrogen and oxygen atoms in total. The highest BCUT2D eigenvalue weighted by Gasteiger charge is 2.30. The van der Waals surface area contributed by atoms with Crippen LogP contribution in [0, 0.1) is 23.7 Å². The minimum absolute atomic E-state index is 0.105. The molecule has 0 aliphatic carbocycles. The third-order valence-electron chi connectivity index (χ3n) is 20.5. The topological polar surface area (TPSA) is 237 Å². The van der Waals surface area contributed by atoms with Gasteiger partial charge in [0.05, 0.1) is 26.4 Å². The molecule has 3 N–H and O–H groups in total. The molecular formula is C85H166O17P2. The van der Waals surface area contributed by atoms with Crippen LogP contribution in [-0.4, -0.2) is 96.7 Å². The molecule has 0 radical (unpaired) electrons. The van der Waals surface area contributed by atoms with Gasteiger partial charge in [0.15, 0.2) is 12.2 Å². The summed E-state index contributed by atoms with van der Waals surface area (Å²) in [4.78, 5) is 73.1. The number of esters is 4. The molecule has 0 aliphatic heterocycles. The van der Waals surface area contributed by atoms with Crippen LogP contribution in [0.2, 0.25) is 0 Å². The molecule has 0 heterocycles. The number of carbonyl (C=O) groups is 4. The number of phosphoric ester groups is 2. The van der Waals surface area contributed by atoms with E-state index in [1.807, 2.05) is 0 Å². The Bertz CT molecular complexity index is 2030. The number of unbranched alkanes of at least 4 members (excludes halogenated alkanes) is 46. The minimum Gasteiger partial charge on any atom is -0.462 e. The first-order valence-corrected chi connectivity index (χ1v) is 46.8. The van der Waals surface area contributed by atoms with Crippen molar-refractivity contribution in [3.8, 4) is 0 Å². The maximum atomic E-state index is 13.1. The van der Waals surface area contributed by atoms with Crippen LogP contribution in [0.4, 0.5) is 0 Å². The molecule has 4 unspecified atom stereocenters. The predicted molar refractivity (Wildman–Crippen MR) is 428 cm³/mol. The van der Waals surface area contributed by atoms with Crippen LogP contribution in [0.3, 0.4) is 0 Å². The number of phosphoric acid groups is 2. The van der Waals surface area contributed by atoms with E-state index in [0.29, 0.717) is 25.7 Å². The summed E-state index contributed by atoms with van der Waals surface area (Å²) in [6.45, 7) is 14.3. The number of ether oxygens (including phenoxy) is 4. The first-order valence-electron chi connectivity index (χ1n) is 43.8. The number of aliphatic hydroxyl groups excluding tert-OH is 1. The number of hydrogen-bond donors (Lipinski definition) is 3. The lowest BCUT2D eigenvalue weighted by Crippen LogP contribution is -2.30. The third kappa shape index (κ3) is 75.5. The van der Waals surface area contributed by atoms with Crippen molar-refractivity contribution in [2.24, 2.45) is 23.7 Å². The third-order valence-corrected chi connectivity index (χ3v) is 22.4. The summed E-state index contributed by atoms with van der Waals surface area (Å²) < 4.78 is 68.8. The van der Waals surface area contributed by atoms with Gasteiger partial charge in [0.2, 0.25) is 0 Å². The van der Waals surface area contributed by atoms with Crippen LogP contribution in [-0.2, 0) is 65.4 Å². The maximum Gasteiger partial charge on any atom is 0.472 e. The number of hydrogen-bond acceptors (Lipinski definition) is 15. The minimum atomic E-state index is -4.97. The van der Waals surface area contributed by atoms with Crippen molar-refractivity contribution in [3.63, 3.8) is 0 Å². The average molecular weight is 1520 g/mol. The van der Waals surface area contributed by atoms with Crippen LogP contribution < -0.4 is 0 Å². The first kappa shape index (κ1) is 102. The molecule has 0 spiro atoms. The Morgan fingerprint density at radius 3 is 0.683 bits per heavy atom. The lowest BCUT2D eigenvalue weighted by Gasteiger charge is -2.21. The molecule has 0 aromatic carbocycles. The zero-order valence-electron chi connectivity index (χ0n) is 68.7. The fourth-order valence-electron chi connectivity index (χ4n) is 13.1. The van der Waals surface area contributed by atoms with Crippen LogP contribution >= 0.6 is 15.6 Å². The fraction of sp³-hybridized carbons (Fsp3) is 0.953. The standard InChI is InChI=1S/C85H166O17P2/c1-9-77(7)63-55-47-39-33-27-21-17-13-11-12-14-18-22-28-34-40-49-57-65-82(87)95-71-80(101-84(89)67-59-51-41-35-29-23-19-15-16-20-25-31-37-45-53-61-75(3)4)73-99-103(91,92)97-69-79(86)70-98-104(93,94)100-74-81(72-96-83(88)66-58-50-44-43-48-56-64-78(8)10-2)102-85(90)68-60-52-42-36-30-24-26-32-38-46-54-62-76(5)6/h75-81,86H,9-74H2,1-8H3,(H,91,92)(H,93,94)/t77?,78?,79-,80-,81-/m1/s1. The zero-order chi connectivity index (χ0) is 76.7. The van der Waals surface area contributed by atoms with E-state index in [1.165, 1.54) is 238 Å². The molecule has 0 aromatic rings. The van der Waals surface area contributed by atoms with Gasteiger partial charge in [-0.1, -0.05) is 389 Å². The van der Waals surface area contributed by atoms with Gasteiger partial charge in [-0.15, -0.1) is 0 Å². The summed E-state index contributed by atoms with van der Waals surface area (Å²) >= 11 is 0. The van der Waals surface area contributed by atoms with Crippen molar-refractivity contribution in [1.82, 2.24) is 0 Å². The van der Waals surface area contributed by atoms with Crippen molar-refractivity contribution in [2.75, 3.05) is 39.6 Å². The van der Waals surface area contributed by atoms with E-state index >= 15 is 0 Å². The molecule has 7 atom stereocenters. The Morgan fingerprint density at radius 2 is 0.462 bits per heavy atom. The van der Waals surface area contributed by atoms with Crippen molar-refractivity contribution in [2.45, 2.75) is 459 Å². The van der Waals surface area contributed by atoms with Crippen LogP contribution in [0.15, 0.2) is 0 Å². The highest BCUT2D eigenvalue weighted by atomic mass is 31.2. The van der Waals surface area contributed by atoms with Crippen molar-refractivity contribution in [1.29, 1.82) is 0 Å². The normalized spacial score (nSPS) is 14.5. The number of rotatable bonds is 82. The number of carbonyl (C=O) groups excluding carboxylic acids is 4. The molecule has 0 aliphatic rings. The highest BCUT2D eigenvalue weighted by Crippen LogP contribution is 2.45. The van der Waals surface area contributed by atoms with Gasteiger partial charge in [0.1, 0.15) is 19.3 Å².